The van der Waals surface area contributed by atoms with E-state index in [9.17, 15) is 0 Å². The maximum Gasteiger partial charge on any atom is 0.121 e. The van der Waals surface area contributed by atoms with Gasteiger partial charge in [-0.15, -0.1) is 0 Å². The van der Waals surface area contributed by atoms with Gasteiger partial charge in [0.25, 0.3) is 0 Å². The zero-order valence-electron chi connectivity index (χ0n) is 11.9. The summed E-state index contributed by atoms with van der Waals surface area (Å²) < 4.78 is 7.52. The molecule has 0 aromatic heterocycles. The van der Waals surface area contributed by atoms with Crippen LogP contribution in [0.3, 0.4) is 0 Å². The molecule has 0 amide bonds. The standard InChI is InChI=1S/C16H24INO/c1-13(2)12-18-10-9-16(7-4-8-16)19-15-6-3-5-14(17)11-15/h3,5-6,11,13,18H,4,7-10,12H2,1-2H3. The fourth-order valence-corrected chi connectivity index (χ4v) is 2.98. The van der Waals surface area contributed by atoms with E-state index in [-0.39, 0.29) is 5.60 Å². The molecule has 1 fully saturated rings. The first kappa shape index (κ1) is 15.1. The van der Waals surface area contributed by atoms with Crippen molar-refractivity contribution in [2.75, 3.05) is 13.1 Å². The average Bonchev–Trinajstić information content (AvgIpc) is 2.31. The van der Waals surface area contributed by atoms with Crippen molar-refractivity contribution in [1.29, 1.82) is 0 Å². The largest absolute Gasteiger partial charge is 0.487 e. The summed E-state index contributed by atoms with van der Waals surface area (Å²) in [5.74, 6) is 1.74. The van der Waals surface area contributed by atoms with Gasteiger partial charge in [0.15, 0.2) is 0 Å². The minimum atomic E-state index is 0.0917. The Morgan fingerprint density at radius 2 is 2.16 bits per heavy atom. The van der Waals surface area contributed by atoms with Gasteiger partial charge in [0.1, 0.15) is 11.4 Å². The summed E-state index contributed by atoms with van der Waals surface area (Å²) in [6.07, 6.45) is 4.81. The van der Waals surface area contributed by atoms with Crippen LogP contribution in [-0.2, 0) is 0 Å². The maximum atomic E-state index is 6.28. The smallest absolute Gasteiger partial charge is 0.121 e. The molecule has 2 nitrogen and oxygen atoms in total. The number of rotatable bonds is 7. The van der Waals surface area contributed by atoms with E-state index >= 15 is 0 Å². The molecule has 19 heavy (non-hydrogen) atoms. The van der Waals surface area contributed by atoms with Gasteiger partial charge in [-0.25, -0.2) is 0 Å². The lowest BCUT2D eigenvalue weighted by atomic mass is 9.77. The molecule has 0 saturated heterocycles. The molecule has 1 aromatic rings. The molecule has 2 rings (SSSR count). The number of benzene rings is 1. The highest BCUT2D eigenvalue weighted by Gasteiger charge is 2.38. The first-order chi connectivity index (χ1) is 9.10. The van der Waals surface area contributed by atoms with Crippen LogP contribution in [0.25, 0.3) is 0 Å². The number of hydrogen-bond donors (Lipinski definition) is 1. The third-order valence-electron chi connectivity index (χ3n) is 3.71. The van der Waals surface area contributed by atoms with Gasteiger partial charge in [-0.05, 0) is 85.5 Å². The van der Waals surface area contributed by atoms with Crippen LogP contribution in [0.15, 0.2) is 24.3 Å². The minimum Gasteiger partial charge on any atom is -0.487 e. The fraction of sp³-hybridized carbons (Fsp3) is 0.625. The van der Waals surface area contributed by atoms with E-state index in [1.54, 1.807) is 0 Å². The Morgan fingerprint density at radius 1 is 1.37 bits per heavy atom. The van der Waals surface area contributed by atoms with Crippen molar-refractivity contribution in [2.24, 2.45) is 5.92 Å². The maximum absolute atomic E-state index is 6.28. The molecule has 0 heterocycles. The van der Waals surface area contributed by atoms with Gasteiger partial charge in [0.2, 0.25) is 0 Å². The van der Waals surface area contributed by atoms with Crippen LogP contribution < -0.4 is 10.1 Å². The van der Waals surface area contributed by atoms with Crippen LogP contribution in [0.5, 0.6) is 5.75 Å². The van der Waals surface area contributed by atoms with Gasteiger partial charge in [-0.3, -0.25) is 0 Å². The van der Waals surface area contributed by atoms with Gasteiger partial charge in [-0.2, -0.15) is 0 Å². The van der Waals surface area contributed by atoms with Crippen LogP contribution in [0.1, 0.15) is 39.5 Å². The second-order valence-electron chi connectivity index (χ2n) is 5.94. The summed E-state index contributed by atoms with van der Waals surface area (Å²) in [5.41, 5.74) is 0.0917. The zero-order chi connectivity index (χ0) is 13.7. The molecule has 1 aliphatic rings. The van der Waals surface area contributed by atoms with E-state index in [0.717, 1.165) is 25.3 Å². The summed E-state index contributed by atoms with van der Waals surface area (Å²) in [5, 5.41) is 3.52. The van der Waals surface area contributed by atoms with E-state index in [0.29, 0.717) is 5.92 Å². The minimum absolute atomic E-state index is 0.0917. The van der Waals surface area contributed by atoms with Crippen molar-refractivity contribution in [3.63, 3.8) is 0 Å². The van der Waals surface area contributed by atoms with Crippen molar-refractivity contribution in [3.8, 4) is 5.75 Å². The first-order valence-electron chi connectivity index (χ1n) is 7.25. The normalized spacial score (nSPS) is 17.3. The highest BCUT2D eigenvalue weighted by Crippen LogP contribution is 2.39. The van der Waals surface area contributed by atoms with Crippen molar-refractivity contribution in [1.82, 2.24) is 5.32 Å². The predicted molar refractivity (Wildman–Crippen MR) is 88.7 cm³/mol. The zero-order valence-corrected chi connectivity index (χ0v) is 14.1. The summed E-state index contributed by atoms with van der Waals surface area (Å²) in [6.45, 7) is 6.64. The Kier molecular flexibility index (Phi) is 5.51. The molecular formula is C16H24INO. The number of hydrogen-bond acceptors (Lipinski definition) is 2. The number of ether oxygens (including phenoxy) is 1. The predicted octanol–water partition coefficient (Wildman–Crippen LogP) is 4.23. The van der Waals surface area contributed by atoms with Crippen LogP contribution >= 0.6 is 22.6 Å². The van der Waals surface area contributed by atoms with Gasteiger partial charge in [0, 0.05) is 3.57 Å². The second-order valence-corrected chi connectivity index (χ2v) is 7.19. The van der Waals surface area contributed by atoms with Gasteiger partial charge in [0.05, 0.1) is 0 Å². The molecule has 0 bridgehead atoms. The van der Waals surface area contributed by atoms with Crippen molar-refractivity contribution in [2.45, 2.75) is 45.1 Å². The Hall–Kier alpha value is -0.290. The lowest BCUT2D eigenvalue weighted by Gasteiger charge is -2.42. The van der Waals surface area contributed by atoms with Gasteiger partial charge in [-0.1, -0.05) is 19.9 Å². The molecule has 1 aromatic carbocycles. The SMILES string of the molecule is CC(C)CNCCC1(Oc2cccc(I)c2)CCC1. The van der Waals surface area contributed by atoms with E-state index in [2.05, 4.69) is 66.0 Å². The first-order valence-corrected chi connectivity index (χ1v) is 8.33. The summed E-state index contributed by atoms with van der Waals surface area (Å²) >= 11 is 2.34. The number of halogens is 1. The summed E-state index contributed by atoms with van der Waals surface area (Å²) in [6, 6.07) is 8.37. The van der Waals surface area contributed by atoms with E-state index in [1.165, 1.54) is 22.8 Å². The Labute approximate surface area is 130 Å². The highest BCUT2D eigenvalue weighted by atomic mass is 127. The van der Waals surface area contributed by atoms with Gasteiger partial charge < -0.3 is 10.1 Å². The molecule has 0 aliphatic heterocycles. The summed E-state index contributed by atoms with van der Waals surface area (Å²) in [7, 11) is 0. The quantitative estimate of drug-likeness (QED) is 0.571. The lowest BCUT2D eigenvalue weighted by Crippen LogP contribution is -2.45. The molecule has 0 spiro atoms. The Balaban J connectivity index is 1.84. The second kappa shape index (κ2) is 6.93. The van der Waals surface area contributed by atoms with Crippen molar-refractivity contribution in [3.05, 3.63) is 27.8 Å². The molecular weight excluding hydrogens is 349 g/mol. The van der Waals surface area contributed by atoms with Crippen LogP contribution in [-0.4, -0.2) is 18.7 Å². The molecule has 0 radical (unpaired) electrons. The summed E-state index contributed by atoms with van der Waals surface area (Å²) in [4.78, 5) is 0. The molecule has 3 heteroatoms. The lowest BCUT2D eigenvalue weighted by molar-refractivity contribution is -0.0143. The van der Waals surface area contributed by atoms with Crippen LogP contribution in [0.2, 0.25) is 0 Å². The van der Waals surface area contributed by atoms with E-state index < -0.39 is 0 Å². The molecule has 0 unspecified atom stereocenters. The monoisotopic (exact) mass is 373 g/mol. The van der Waals surface area contributed by atoms with Crippen LogP contribution in [0, 0.1) is 9.49 Å². The van der Waals surface area contributed by atoms with E-state index in [1.807, 2.05) is 0 Å². The Morgan fingerprint density at radius 3 is 2.74 bits per heavy atom. The molecule has 1 N–H and O–H groups in total. The van der Waals surface area contributed by atoms with Crippen molar-refractivity contribution >= 4 is 22.6 Å². The Bertz CT molecular complexity index is 401. The molecule has 106 valence electrons. The molecule has 1 saturated carbocycles. The van der Waals surface area contributed by atoms with Gasteiger partial charge >= 0.3 is 0 Å². The average molecular weight is 373 g/mol. The van der Waals surface area contributed by atoms with Crippen LogP contribution in [0.4, 0.5) is 0 Å². The number of nitrogens with one attached hydrogen (secondary N) is 1. The van der Waals surface area contributed by atoms with E-state index in [4.69, 9.17) is 4.74 Å². The molecule has 0 atom stereocenters. The van der Waals surface area contributed by atoms with Crippen molar-refractivity contribution < 1.29 is 4.74 Å². The fourth-order valence-electron chi connectivity index (χ4n) is 2.46. The molecule has 1 aliphatic carbocycles. The highest BCUT2D eigenvalue weighted by molar-refractivity contribution is 14.1. The third-order valence-corrected chi connectivity index (χ3v) is 4.38. The third kappa shape index (κ3) is 4.63. The topological polar surface area (TPSA) is 21.3 Å².